The van der Waals surface area contributed by atoms with Crippen LogP contribution in [0.4, 0.5) is 13.2 Å². The Kier molecular flexibility index (Phi) is 2.49. The number of halogens is 3. The highest BCUT2D eigenvalue weighted by molar-refractivity contribution is 5.10. The molecule has 7 heteroatoms. The van der Waals surface area contributed by atoms with Crippen LogP contribution in [0.1, 0.15) is 30.4 Å². The number of hydrogen-bond acceptors (Lipinski definition) is 3. The lowest BCUT2D eigenvalue weighted by Gasteiger charge is -2.11. The van der Waals surface area contributed by atoms with Crippen LogP contribution >= 0.6 is 0 Å². The van der Waals surface area contributed by atoms with E-state index in [4.69, 9.17) is 5.73 Å². The summed E-state index contributed by atoms with van der Waals surface area (Å²) in [6.45, 7) is 0. The van der Waals surface area contributed by atoms with E-state index >= 15 is 0 Å². The van der Waals surface area contributed by atoms with E-state index in [1.54, 1.807) is 0 Å². The first-order valence-corrected chi connectivity index (χ1v) is 4.82. The van der Waals surface area contributed by atoms with Gasteiger partial charge in [-0.2, -0.15) is 13.2 Å². The summed E-state index contributed by atoms with van der Waals surface area (Å²) in [5.74, 6) is 0.0500. The van der Waals surface area contributed by atoms with Gasteiger partial charge in [-0.3, -0.25) is 4.79 Å². The van der Waals surface area contributed by atoms with Gasteiger partial charge in [-0.15, -0.1) is 0 Å². The second-order valence-electron chi connectivity index (χ2n) is 3.88. The summed E-state index contributed by atoms with van der Waals surface area (Å²) >= 11 is 0. The van der Waals surface area contributed by atoms with E-state index in [1.807, 2.05) is 0 Å². The van der Waals surface area contributed by atoms with E-state index in [-0.39, 0.29) is 11.7 Å². The van der Waals surface area contributed by atoms with Crippen LogP contribution in [0, 0.1) is 5.92 Å². The monoisotopic (exact) mass is 233 g/mol. The number of aromatic amines is 1. The van der Waals surface area contributed by atoms with Gasteiger partial charge in [-0.25, -0.2) is 4.98 Å². The third-order valence-corrected chi connectivity index (χ3v) is 2.50. The number of rotatable bonds is 2. The zero-order chi connectivity index (χ0) is 11.9. The Morgan fingerprint density at radius 3 is 2.62 bits per heavy atom. The van der Waals surface area contributed by atoms with Gasteiger partial charge in [0.05, 0.1) is 6.04 Å². The predicted molar refractivity (Wildman–Crippen MR) is 49.5 cm³/mol. The van der Waals surface area contributed by atoms with Gasteiger partial charge < -0.3 is 10.7 Å². The van der Waals surface area contributed by atoms with Crippen molar-refractivity contribution in [2.24, 2.45) is 11.7 Å². The minimum atomic E-state index is -4.62. The van der Waals surface area contributed by atoms with Crippen molar-refractivity contribution >= 4 is 0 Å². The quantitative estimate of drug-likeness (QED) is 0.806. The van der Waals surface area contributed by atoms with Crippen LogP contribution in [0.5, 0.6) is 0 Å². The Morgan fingerprint density at radius 2 is 2.12 bits per heavy atom. The normalized spacial score (nSPS) is 18.5. The molecule has 4 nitrogen and oxygen atoms in total. The molecule has 1 heterocycles. The highest BCUT2D eigenvalue weighted by Crippen LogP contribution is 2.38. The highest BCUT2D eigenvalue weighted by Gasteiger charge is 2.36. The van der Waals surface area contributed by atoms with Gasteiger partial charge >= 0.3 is 6.18 Å². The first kappa shape index (κ1) is 11.1. The maximum Gasteiger partial charge on any atom is 0.433 e. The average Bonchev–Trinajstić information content (AvgIpc) is 2.97. The van der Waals surface area contributed by atoms with E-state index < -0.39 is 23.5 Å². The lowest BCUT2D eigenvalue weighted by Crippen LogP contribution is -2.24. The molecule has 1 aliphatic rings. The summed E-state index contributed by atoms with van der Waals surface area (Å²) in [6.07, 6.45) is -2.89. The molecule has 88 valence electrons. The molecular formula is C9H10F3N3O. The zero-order valence-corrected chi connectivity index (χ0v) is 8.21. The van der Waals surface area contributed by atoms with E-state index in [2.05, 4.69) is 9.97 Å². The Balaban J connectivity index is 2.39. The molecule has 0 amide bonds. The summed E-state index contributed by atoms with van der Waals surface area (Å²) in [4.78, 5) is 16.7. The first-order valence-electron chi connectivity index (χ1n) is 4.82. The van der Waals surface area contributed by atoms with E-state index in [0.29, 0.717) is 6.07 Å². The maximum atomic E-state index is 12.4. The molecule has 0 aliphatic heterocycles. The Bertz CT molecular complexity index is 450. The molecule has 0 aromatic carbocycles. The molecule has 0 radical (unpaired) electrons. The van der Waals surface area contributed by atoms with Crippen LogP contribution in [-0.2, 0) is 6.18 Å². The molecule has 0 spiro atoms. The fourth-order valence-electron chi connectivity index (χ4n) is 1.46. The van der Waals surface area contributed by atoms with Crippen molar-refractivity contribution in [2.45, 2.75) is 25.1 Å². The average molecular weight is 233 g/mol. The van der Waals surface area contributed by atoms with Crippen molar-refractivity contribution in [3.8, 4) is 0 Å². The third kappa shape index (κ3) is 2.24. The topological polar surface area (TPSA) is 71.8 Å². The van der Waals surface area contributed by atoms with Crippen LogP contribution < -0.4 is 11.3 Å². The van der Waals surface area contributed by atoms with Gasteiger partial charge in [0, 0.05) is 6.07 Å². The molecule has 1 aliphatic carbocycles. The van der Waals surface area contributed by atoms with Crippen molar-refractivity contribution in [1.82, 2.24) is 9.97 Å². The molecule has 0 saturated heterocycles. The summed E-state index contributed by atoms with van der Waals surface area (Å²) in [5, 5.41) is 0. The number of H-pyrrole nitrogens is 1. The Hall–Kier alpha value is -1.37. The highest BCUT2D eigenvalue weighted by atomic mass is 19.4. The van der Waals surface area contributed by atoms with E-state index in [0.717, 1.165) is 12.8 Å². The van der Waals surface area contributed by atoms with Crippen molar-refractivity contribution in [3.05, 3.63) is 27.9 Å². The van der Waals surface area contributed by atoms with E-state index in [1.165, 1.54) is 0 Å². The second-order valence-corrected chi connectivity index (χ2v) is 3.88. The van der Waals surface area contributed by atoms with Crippen molar-refractivity contribution in [1.29, 1.82) is 0 Å². The van der Waals surface area contributed by atoms with Crippen LogP contribution in [0.15, 0.2) is 10.9 Å². The number of nitrogens with one attached hydrogen (secondary N) is 1. The molecular weight excluding hydrogens is 223 g/mol. The molecule has 16 heavy (non-hydrogen) atoms. The Labute approximate surface area is 88.7 Å². The van der Waals surface area contributed by atoms with Crippen LogP contribution in [-0.4, -0.2) is 9.97 Å². The first-order chi connectivity index (χ1) is 7.38. The molecule has 1 fully saturated rings. The fourth-order valence-corrected chi connectivity index (χ4v) is 1.46. The minimum absolute atomic E-state index is 0.0812. The molecule has 1 saturated carbocycles. The number of nitrogens with zero attached hydrogens (tertiary/aromatic N) is 1. The largest absolute Gasteiger partial charge is 0.433 e. The van der Waals surface area contributed by atoms with Gasteiger partial charge in [-0.05, 0) is 18.8 Å². The Morgan fingerprint density at radius 1 is 1.50 bits per heavy atom. The number of nitrogens with two attached hydrogens (primary N) is 1. The van der Waals surface area contributed by atoms with Crippen LogP contribution in [0.3, 0.4) is 0 Å². The maximum absolute atomic E-state index is 12.4. The minimum Gasteiger partial charge on any atom is -0.321 e. The molecule has 0 bridgehead atoms. The standard InChI is InChI=1S/C9H10F3N3O/c10-9(11,12)5-3-6(16)15-8(14-5)7(13)4-1-2-4/h3-4,7H,1-2,13H2,(H,14,15,16). The summed E-state index contributed by atoms with van der Waals surface area (Å²) in [5.41, 5.74) is 3.66. The lowest BCUT2D eigenvalue weighted by atomic mass is 10.2. The second kappa shape index (κ2) is 3.58. The van der Waals surface area contributed by atoms with Gasteiger partial charge in [-0.1, -0.05) is 0 Å². The molecule has 1 atom stereocenters. The van der Waals surface area contributed by atoms with Crippen molar-refractivity contribution in [3.63, 3.8) is 0 Å². The van der Waals surface area contributed by atoms with Crippen LogP contribution in [0.2, 0.25) is 0 Å². The van der Waals surface area contributed by atoms with Crippen molar-refractivity contribution in [2.75, 3.05) is 0 Å². The lowest BCUT2D eigenvalue weighted by molar-refractivity contribution is -0.141. The number of alkyl halides is 3. The molecule has 1 aromatic rings. The summed E-state index contributed by atoms with van der Waals surface area (Å²) in [6, 6.07) is -0.182. The molecule has 1 unspecified atom stereocenters. The van der Waals surface area contributed by atoms with Crippen LogP contribution in [0.25, 0.3) is 0 Å². The van der Waals surface area contributed by atoms with Gasteiger partial charge in [0.1, 0.15) is 5.82 Å². The SMILES string of the molecule is NC(c1nc(C(F)(F)F)cc(=O)[nH]1)C1CC1. The zero-order valence-electron chi connectivity index (χ0n) is 8.21. The van der Waals surface area contributed by atoms with E-state index in [9.17, 15) is 18.0 Å². The predicted octanol–water partition coefficient (Wildman–Crippen LogP) is 1.20. The summed E-state index contributed by atoms with van der Waals surface area (Å²) in [7, 11) is 0. The van der Waals surface area contributed by atoms with Gasteiger partial charge in [0.15, 0.2) is 5.69 Å². The van der Waals surface area contributed by atoms with Crippen molar-refractivity contribution < 1.29 is 13.2 Å². The van der Waals surface area contributed by atoms with Gasteiger partial charge in [0.2, 0.25) is 0 Å². The third-order valence-electron chi connectivity index (χ3n) is 2.50. The summed E-state index contributed by atoms with van der Waals surface area (Å²) < 4.78 is 37.1. The fraction of sp³-hybridized carbons (Fsp3) is 0.556. The molecule has 2 rings (SSSR count). The number of aromatic nitrogens is 2. The molecule has 3 N–H and O–H groups in total. The van der Waals surface area contributed by atoms with Gasteiger partial charge in [0.25, 0.3) is 5.56 Å². The smallest absolute Gasteiger partial charge is 0.321 e. The number of hydrogen-bond donors (Lipinski definition) is 2. The molecule has 1 aromatic heterocycles.